The summed E-state index contributed by atoms with van der Waals surface area (Å²) in [5.74, 6) is -0.387. The standard InChI is InChI=1S/C58H100O14/c1-3-5-7-9-11-13-15-17-18-19-20-21-22-23-24-25-26-27-28-29-31-33-35-37-39-41-50(60)70-47(44-67-42-40-38-36-34-32-30-16-14-12-10-8-6-4-2)45-68-57-56(66)54(64)52(62)49(72-57)46-69-58-55(65)53(63)51(61)48(43-59)71-58/h5,7,11-14,17-18,20-21,23-24,47-49,51-59,61-66H,3-4,6,8-10,15-16,19,22,25-46H2,1-2H3/b7-5-,13-11-,14-12-,18-17-,21-20-,24-23-. The Morgan fingerprint density at radius 1 is 0.472 bits per heavy atom. The van der Waals surface area contributed by atoms with E-state index in [9.17, 15) is 40.5 Å². The molecule has 0 bridgehead atoms. The number of ether oxygens (including phenoxy) is 6. The van der Waals surface area contributed by atoms with Crippen molar-refractivity contribution in [1.82, 2.24) is 0 Å². The van der Waals surface area contributed by atoms with Gasteiger partial charge >= 0.3 is 5.97 Å². The second kappa shape index (κ2) is 44.7. The lowest BCUT2D eigenvalue weighted by Gasteiger charge is -2.42. The minimum Gasteiger partial charge on any atom is -0.457 e. The number of aliphatic hydroxyl groups excluding tert-OH is 7. The van der Waals surface area contributed by atoms with Gasteiger partial charge in [0.05, 0.1) is 26.4 Å². The van der Waals surface area contributed by atoms with Crippen LogP contribution in [0.15, 0.2) is 72.9 Å². The fraction of sp³-hybridized carbons (Fsp3) is 0.776. The van der Waals surface area contributed by atoms with Gasteiger partial charge in [-0.1, -0.05) is 170 Å². The van der Waals surface area contributed by atoms with E-state index in [1.165, 1.54) is 77.0 Å². The fourth-order valence-corrected chi connectivity index (χ4v) is 8.42. The highest BCUT2D eigenvalue weighted by atomic mass is 16.7. The van der Waals surface area contributed by atoms with Crippen LogP contribution in [0.5, 0.6) is 0 Å². The van der Waals surface area contributed by atoms with Crippen LogP contribution < -0.4 is 0 Å². The summed E-state index contributed by atoms with van der Waals surface area (Å²) in [5.41, 5.74) is 0. The monoisotopic (exact) mass is 1020 g/mol. The lowest BCUT2D eigenvalue weighted by Crippen LogP contribution is -2.61. The molecule has 0 aromatic carbocycles. The van der Waals surface area contributed by atoms with E-state index in [4.69, 9.17) is 28.4 Å². The molecule has 7 N–H and O–H groups in total. The highest BCUT2D eigenvalue weighted by molar-refractivity contribution is 5.69. The molecule has 2 aliphatic heterocycles. The molecule has 14 heteroatoms. The Hall–Kier alpha value is -2.57. The van der Waals surface area contributed by atoms with Crippen molar-refractivity contribution in [3.05, 3.63) is 72.9 Å². The molecular weight excluding hydrogens is 921 g/mol. The Bertz CT molecular complexity index is 1460. The number of esters is 1. The zero-order chi connectivity index (χ0) is 52.3. The summed E-state index contributed by atoms with van der Waals surface area (Å²) in [7, 11) is 0. The summed E-state index contributed by atoms with van der Waals surface area (Å²) in [6.07, 6.45) is 39.6. The number of unbranched alkanes of at least 4 members (excludes halogenated alkanes) is 18. The molecule has 2 heterocycles. The maximum Gasteiger partial charge on any atom is 0.306 e. The maximum absolute atomic E-state index is 13.1. The van der Waals surface area contributed by atoms with Crippen molar-refractivity contribution in [2.45, 2.75) is 255 Å². The van der Waals surface area contributed by atoms with E-state index in [1.807, 2.05) is 0 Å². The van der Waals surface area contributed by atoms with Crippen molar-refractivity contribution in [1.29, 1.82) is 0 Å². The Morgan fingerprint density at radius 2 is 0.903 bits per heavy atom. The van der Waals surface area contributed by atoms with Gasteiger partial charge in [0, 0.05) is 13.0 Å². The number of rotatable bonds is 44. The quantitative estimate of drug-likeness (QED) is 0.0172. The van der Waals surface area contributed by atoms with Crippen LogP contribution in [0.3, 0.4) is 0 Å². The predicted octanol–water partition coefficient (Wildman–Crippen LogP) is 9.47. The van der Waals surface area contributed by atoms with E-state index < -0.39 is 80.7 Å². The molecule has 0 spiro atoms. The summed E-state index contributed by atoms with van der Waals surface area (Å²) in [6.45, 7) is 3.53. The van der Waals surface area contributed by atoms with Crippen LogP contribution in [-0.4, -0.2) is 142 Å². The molecule has 0 radical (unpaired) electrons. The van der Waals surface area contributed by atoms with Crippen LogP contribution in [0.1, 0.15) is 187 Å². The van der Waals surface area contributed by atoms with Gasteiger partial charge in [-0.05, 0) is 83.5 Å². The molecule has 14 nitrogen and oxygen atoms in total. The summed E-state index contributed by atoms with van der Waals surface area (Å²) in [4.78, 5) is 13.1. The first-order chi connectivity index (χ1) is 35.1. The lowest BCUT2D eigenvalue weighted by atomic mass is 9.98. The third-order valence-corrected chi connectivity index (χ3v) is 12.9. The molecule has 0 aliphatic carbocycles. The number of carbonyl (C=O) groups excluding carboxylic acids is 1. The molecule has 2 aliphatic rings. The fourth-order valence-electron chi connectivity index (χ4n) is 8.42. The van der Waals surface area contributed by atoms with Gasteiger partial charge in [-0.15, -0.1) is 0 Å². The second-order valence-corrected chi connectivity index (χ2v) is 19.4. The van der Waals surface area contributed by atoms with Gasteiger partial charge in [0.15, 0.2) is 12.6 Å². The van der Waals surface area contributed by atoms with Crippen LogP contribution in [0, 0.1) is 0 Å². The van der Waals surface area contributed by atoms with E-state index in [0.29, 0.717) is 13.0 Å². The smallest absolute Gasteiger partial charge is 0.306 e. The molecule has 2 fully saturated rings. The zero-order valence-corrected chi connectivity index (χ0v) is 44.4. The third kappa shape index (κ3) is 31.3. The molecule has 0 aromatic rings. The summed E-state index contributed by atoms with van der Waals surface area (Å²) >= 11 is 0. The first-order valence-electron chi connectivity index (χ1n) is 28.0. The van der Waals surface area contributed by atoms with E-state index in [1.54, 1.807) is 0 Å². The summed E-state index contributed by atoms with van der Waals surface area (Å²) in [5, 5.41) is 72.2. The van der Waals surface area contributed by atoms with Crippen LogP contribution in [0.2, 0.25) is 0 Å². The number of carbonyl (C=O) groups is 1. The van der Waals surface area contributed by atoms with Crippen LogP contribution in [0.25, 0.3) is 0 Å². The molecule has 0 saturated carbocycles. The normalized spacial score (nSPS) is 25.7. The average molecular weight is 1020 g/mol. The Kier molecular flexibility index (Phi) is 40.7. The van der Waals surface area contributed by atoms with Gasteiger partial charge in [0.1, 0.15) is 54.9 Å². The van der Waals surface area contributed by atoms with E-state index in [-0.39, 0.29) is 25.6 Å². The summed E-state index contributed by atoms with van der Waals surface area (Å²) < 4.78 is 34.3. The minimum absolute atomic E-state index is 0.0519. The SMILES string of the molecule is CC/C=C\C/C=C\C/C=C\C/C=C\C/C=C\CCCCCCCCCCCC(=O)OC(COCCCCCCCC/C=C\CCCCC)COC1OC(COC2OC(CO)C(O)C(O)C2O)C(O)C(O)C1O. The van der Waals surface area contributed by atoms with Crippen molar-refractivity contribution in [3.8, 4) is 0 Å². The van der Waals surface area contributed by atoms with Gasteiger partial charge < -0.3 is 64.2 Å². The lowest BCUT2D eigenvalue weighted by molar-refractivity contribution is -0.332. The average Bonchev–Trinajstić information content (AvgIpc) is 3.38. The largest absolute Gasteiger partial charge is 0.457 e. The minimum atomic E-state index is -1.71. The first kappa shape index (κ1) is 65.5. The number of hydrogen-bond donors (Lipinski definition) is 7. The van der Waals surface area contributed by atoms with Gasteiger partial charge in [-0.2, -0.15) is 0 Å². The van der Waals surface area contributed by atoms with Crippen LogP contribution in [-0.2, 0) is 33.2 Å². The molecular formula is C58H100O14. The molecule has 416 valence electrons. The molecule has 2 rings (SSSR count). The molecule has 0 aromatic heterocycles. The highest BCUT2D eigenvalue weighted by Crippen LogP contribution is 2.26. The van der Waals surface area contributed by atoms with Crippen molar-refractivity contribution < 1.29 is 69.0 Å². The van der Waals surface area contributed by atoms with Gasteiger partial charge in [0.25, 0.3) is 0 Å². The van der Waals surface area contributed by atoms with Crippen molar-refractivity contribution in [2.24, 2.45) is 0 Å². The van der Waals surface area contributed by atoms with Crippen molar-refractivity contribution in [2.75, 3.05) is 33.0 Å². The van der Waals surface area contributed by atoms with E-state index in [2.05, 4.69) is 86.8 Å². The van der Waals surface area contributed by atoms with Crippen molar-refractivity contribution in [3.63, 3.8) is 0 Å². The third-order valence-electron chi connectivity index (χ3n) is 12.9. The van der Waals surface area contributed by atoms with E-state index in [0.717, 1.165) is 83.5 Å². The predicted molar refractivity (Wildman–Crippen MR) is 284 cm³/mol. The van der Waals surface area contributed by atoms with Gasteiger partial charge in [-0.25, -0.2) is 0 Å². The number of allylic oxidation sites excluding steroid dienone is 12. The zero-order valence-electron chi connectivity index (χ0n) is 44.4. The highest BCUT2D eigenvalue weighted by Gasteiger charge is 2.47. The Balaban J connectivity index is 1.71. The van der Waals surface area contributed by atoms with E-state index >= 15 is 0 Å². The second-order valence-electron chi connectivity index (χ2n) is 19.4. The van der Waals surface area contributed by atoms with Crippen molar-refractivity contribution >= 4 is 5.97 Å². The van der Waals surface area contributed by atoms with Gasteiger partial charge in [-0.3, -0.25) is 4.79 Å². The Morgan fingerprint density at radius 3 is 1.43 bits per heavy atom. The first-order valence-corrected chi connectivity index (χ1v) is 28.0. The summed E-state index contributed by atoms with van der Waals surface area (Å²) in [6, 6.07) is 0. The molecule has 72 heavy (non-hydrogen) atoms. The molecule has 11 unspecified atom stereocenters. The molecule has 0 amide bonds. The van der Waals surface area contributed by atoms with Gasteiger partial charge in [0.2, 0.25) is 0 Å². The van der Waals surface area contributed by atoms with Crippen LogP contribution >= 0.6 is 0 Å². The van der Waals surface area contributed by atoms with Crippen LogP contribution in [0.4, 0.5) is 0 Å². The topological polar surface area (TPSA) is 214 Å². The number of hydrogen-bond acceptors (Lipinski definition) is 14. The molecule has 2 saturated heterocycles. The maximum atomic E-state index is 13.1. The molecule has 11 atom stereocenters. The Labute approximate surface area is 434 Å². The number of aliphatic hydroxyl groups is 7.